The Hall–Kier alpha value is -2.78. The third-order valence-electron chi connectivity index (χ3n) is 5.21. The molecule has 9 heteroatoms. The number of rotatable bonds is 6. The second kappa shape index (κ2) is 8.30. The Morgan fingerprint density at radius 1 is 1.21 bits per heavy atom. The van der Waals surface area contributed by atoms with Crippen LogP contribution in [0.5, 0.6) is 5.88 Å². The van der Waals surface area contributed by atoms with Gasteiger partial charge in [0.05, 0.1) is 16.4 Å². The maximum absolute atomic E-state index is 11.7. The molecule has 3 N–H and O–H groups in total. The van der Waals surface area contributed by atoms with E-state index in [1.165, 1.54) is 17.7 Å². The van der Waals surface area contributed by atoms with E-state index in [9.17, 15) is 4.79 Å². The van der Waals surface area contributed by atoms with E-state index >= 15 is 0 Å². The minimum atomic E-state index is -0.464. The van der Waals surface area contributed by atoms with Crippen LogP contribution >= 0.6 is 11.3 Å². The van der Waals surface area contributed by atoms with Crippen molar-refractivity contribution in [2.24, 2.45) is 5.73 Å². The van der Waals surface area contributed by atoms with E-state index in [2.05, 4.69) is 20.3 Å². The third-order valence-corrected chi connectivity index (χ3v) is 6.42. The first-order valence-corrected chi connectivity index (χ1v) is 10.3. The summed E-state index contributed by atoms with van der Waals surface area (Å²) in [4.78, 5) is 26.0. The Morgan fingerprint density at radius 2 is 1.97 bits per heavy atom. The van der Waals surface area contributed by atoms with Crippen LogP contribution in [0.1, 0.15) is 40.9 Å². The molecule has 3 aromatic heterocycles. The number of ether oxygens (including phenoxy) is 2. The van der Waals surface area contributed by atoms with Gasteiger partial charge in [-0.15, -0.1) is 11.3 Å². The number of nitrogens with two attached hydrogens (primary N) is 1. The van der Waals surface area contributed by atoms with Crippen molar-refractivity contribution in [2.45, 2.75) is 44.8 Å². The molecular formula is C20H23N5O3S. The summed E-state index contributed by atoms with van der Waals surface area (Å²) in [5.41, 5.74) is 6.98. The molecule has 8 nitrogen and oxygen atoms in total. The largest absolute Gasteiger partial charge is 0.473 e. The Morgan fingerprint density at radius 3 is 2.69 bits per heavy atom. The first-order valence-electron chi connectivity index (χ1n) is 9.52. The van der Waals surface area contributed by atoms with Crippen molar-refractivity contribution in [1.29, 1.82) is 0 Å². The molecule has 3 aromatic rings. The molecule has 1 aliphatic rings. The van der Waals surface area contributed by atoms with Gasteiger partial charge in [-0.1, -0.05) is 0 Å². The highest BCUT2D eigenvalue weighted by Gasteiger charge is 2.24. The van der Waals surface area contributed by atoms with E-state index in [4.69, 9.17) is 15.2 Å². The van der Waals surface area contributed by atoms with Crippen molar-refractivity contribution < 1.29 is 14.3 Å². The topological polar surface area (TPSA) is 112 Å². The lowest BCUT2D eigenvalue weighted by atomic mass is 9.95. The van der Waals surface area contributed by atoms with Gasteiger partial charge in [0.25, 0.3) is 5.91 Å². The number of fused-ring (bicyclic) bond motifs is 1. The second-order valence-electron chi connectivity index (χ2n) is 7.06. The normalized spacial score (nSPS) is 19.2. The molecule has 0 saturated heterocycles. The molecule has 3 heterocycles. The van der Waals surface area contributed by atoms with E-state index in [1.807, 2.05) is 19.1 Å². The van der Waals surface area contributed by atoms with Gasteiger partial charge in [-0.05, 0) is 50.3 Å². The van der Waals surface area contributed by atoms with Crippen molar-refractivity contribution in [3.05, 3.63) is 35.1 Å². The van der Waals surface area contributed by atoms with Crippen molar-refractivity contribution in [1.82, 2.24) is 15.0 Å². The lowest BCUT2D eigenvalue weighted by Gasteiger charge is -2.28. The zero-order valence-corrected chi connectivity index (χ0v) is 17.2. The molecule has 1 aliphatic carbocycles. The Labute approximate surface area is 172 Å². The summed E-state index contributed by atoms with van der Waals surface area (Å²) in [6.45, 7) is 1.85. The van der Waals surface area contributed by atoms with Gasteiger partial charge in [0.1, 0.15) is 28.8 Å². The van der Waals surface area contributed by atoms with Crippen LogP contribution in [0.4, 0.5) is 11.5 Å². The van der Waals surface area contributed by atoms with E-state index in [0.29, 0.717) is 33.2 Å². The van der Waals surface area contributed by atoms with Gasteiger partial charge in [-0.3, -0.25) is 4.79 Å². The standard InChI is InChI=1S/C20H23N5O3S/c1-11-15-18(23-10-24-20(15)29-16(11)17(21)26)25-14-4-3-9-22-19(14)28-13-7-5-12(27-2)6-8-13/h3-4,9-10,12-13H,5-8H2,1-2H3,(H2,21,26)(H,23,24,25)/t12-,13-. The summed E-state index contributed by atoms with van der Waals surface area (Å²) >= 11 is 1.27. The minimum Gasteiger partial charge on any atom is -0.473 e. The van der Waals surface area contributed by atoms with E-state index < -0.39 is 5.91 Å². The van der Waals surface area contributed by atoms with Crippen LogP contribution in [-0.2, 0) is 4.74 Å². The zero-order chi connectivity index (χ0) is 20.4. The number of methoxy groups -OCH3 is 1. The molecule has 152 valence electrons. The molecular weight excluding hydrogens is 390 g/mol. The van der Waals surface area contributed by atoms with Gasteiger partial charge in [0.2, 0.25) is 5.88 Å². The number of aromatic nitrogens is 3. The molecule has 0 aromatic carbocycles. The van der Waals surface area contributed by atoms with E-state index in [0.717, 1.165) is 36.6 Å². The third kappa shape index (κ3) is 4.01. The molecule has 0 spiro atoms. The van der Waals surface area contributed by atoms with Crippen LogP contribution < -0.4 is 15.8 Å². The maximum Gasteiger partial charge on any atom is 0.259 e. The average Bonchev–Trinajstić information content (AvgIpc) is 3.08. The van der Waals surface area contributed by atoms with Crippen LogP contribution in [0.25, 0.3) is 10.2 Å². The highest BCUT2D eigenvalue weighted by atomic mass is 32.1. The monoisotopic (exact) mass is 413 g/mol. The molecule has 0 atom stereocenters. The van der Waals surface area contributed by atoms with Gasteiger partial charge in [-0.25, -0.2) is 15.0 Å². The zero-order valence-electron chi connectivity index (χ0n) is 16.3. The Kier molecular flexibility index (Phi) is 5.59. The fraction of sp³-hybridized carbons (Fsp3) is 0.400. The average molecular weight is 414 g/mol. The summed E-state index contributed by atoms with van der Waals surface area (Å²) in [5, 5.41) is 4.09. The van der Waals surface area contributed by atoms with Gasteiger partial charge in [-0.2, -0.15) is 0 Å². The number of amides is 1. The van der Waals surface area contributed by atoms with Gasteiger partial charge >= 0.3 is 0 Å². The summed E-state index contributed by atoms with van der Waals surface area (Å²) in [7, 11) is 1.76. The number of carbonyl (C=O) groups is 1. The van der Waals surface area contributed by atoms with Crippen LogP contribution in [-0.4, -0.2) is 40.2 Å². The summed E-state index contributed by atoms with van der Waals surface area (Å²) in [5.74, 6) is 0.661. The molecule has 0 radical (unpaired) electrons. The van der Waals surface area contributed by atoms with Gasteiger partial charge in [0, 0.05) is 13.3 Å². The van der Waals surface area contributed by atoms with Crippen molar-refractivity contribution in [2.75, 3.05) is 12.4 Å². The fourth-order valence-corrected chi connectivity index (χ4v) is 4.65. The quantitative estimate of drug-likeness (QED) is 0.635. The number of carbonyl (C=O) groups excluding carboxylic acids is 1. The Balaban J connectivity index is 1.60. The van der Waals surface area contributed by atoms with Gasteiger partial charge in [0.15, 0.2) is 0 Å². The second-order valence-corrected chi connectivity index (χ2v) is 8.06. The molecule has 1 fully saturated rings. The summed E-state index contributed by atoms with van der Waals surface area (Å²) < 4.78 is 11.6. The molecule has 29 heavy (non-hydrogen) atoms. The predicted octanol–water partition coefficient (Wildman–Crippen LogP) is 3.57. The van der Waals surface area contributed by atoms with Crippen LogP contribution in [0.15, 0.2) is 24.7 Å². The molecule has 1 amide bonds. The van der Waals surface area contributed by atoms with Crippen molar-refractivity contribution >= 4 is 39.0 Å². The summed E-state index contributed by atoms with van der Waals surface area (Å²) in [6.07, 6.45) is 7.40. The van der Waals surface area contributed by atoms with Crippen molar-refractivity contribution in [3.8, 4) is 5.88 Å². The number of aryl methyl sites for hydroxylation is 1. The van der Waals surface area contributed by atoms with E-state index in [-0.39, 0.29) is 6.10 Å². The SMILES string of the molecule is CO[C@H]1CC[C@H](Oc2ncccc2Nc2ncnc3sc(C(N)=O)c(C)c23)CC1. The number of primary amides is 1. The van der Waals surface area contributed by atoms with Crippen molar-refractivity contribution in [3.63, 3.8) is 0 Å². The smallest absolute Gasteiger partial charge is 0.259 e. The first-order chi connectivity index (χ1) is 14.1. The fourth-order valence-electron chi connectivity index (χ4n) is 3.65. The lowest BCUT2D eigenvalue weighted by Crippen LogP contribution is -2.28. The predicted molar refractivity (Wildman–Crippen MR) is 112 cm³/mol. The molecule has 1 saturated carbocycles. The Bertz CT molecular complexity index is 1030. The number of hydrogen-bond acceptors (Lipinski definition) is 8. The van der Waals surface area contributed by atoms with Crippen LogP contribution in [0.3, 0.4) is 0 Å². The van der Waals surface area contributed by atoms with Gasteiger partial charge < -0.3 is 20.5 Å². The maximum atomic E-state index is 11.7. The summed E-state index contributed by atoms with van der Waals surface area (Å²) in [6, 6.07) is 3.73. The first kappa shape index (κ1) is 19.5. The molecule has 0 bridgehead atoms. The van der Waals surface area contributed by atoms with E-state index in [1.54, 1.807) is 13.3 Å². The highest BCUT2D eigenvalue weighted by molar-refractivity contribution is 7.20. The molecule has 4 rings (SSSR count). The number of nitrogens with one attached hydrogen (secondary N) is 1. The number of nitrogens with zero attached hydrogens (tertiary/aromatic N) is 3. The number of anilines is 2. The van der Waals surface area contributed by atoms with Crippen LogP contribution in [0, 0.1) is 6.92 Å². The highest BCUT2D eigenvalue weighted by Crippen LogP contribution is 2.36. The minimum absolute atomic E-state index is 0.103. The number of thiophene rings is 1. The lowest BCUT2D eigenvalue weighted by molar-refractivity contribution is 0.0317. The number of hydrogen-bond donors (Lipinski definition) is 2. The van der Waals surface area contributed by atoms with Crippen LogP contribution in [0.2, 0.25) is 0 Å². The molecule has 0 aliphatic heterocycles. The number of pyridine rings is 1. The molecule has 0 unspecified atom stereocenters.